The molecule has 0 unspecified atom stereocenters. The van der Waals surface area contributed by atoms with Crippen molar-refractivity contribution in [3.05, 3.63) is 0 Å². The number of nitrogens with zero attached hydrogens (tertiary/aromatic N) is 2. The van der Waals surface area contributed by atoms with Crippen molar-refractivity contribution in [1.82, 2.24) is 9.80 Å². The first-order valence-electron chi connectivity index (χ1n) is 7.98. The summed E-state index contributed by atoms with van der Waals surface area (Å²) in [6.45, 7) is 9.08. The van der Waals surface area contributed by atoms with Gasteiger partial charge in [-0.3, -0.25) is 9.59 Å². The van der Waals surface area contributed by atoms with Crippen molar-refractivity contribution < 1.29 is 9.59 Å². The van der Waals surface area contributed by atoms with Crippen LogP contribution in [0.5, 0.6) is 0 Å². The number of amides is 2. The van der Waals surface area contributed by atoms with Gasteiger partial charge in [-0.15, -0.1) is 0 Å². The number of carbonyl (C=O) groups is 2. The van der Waals surface area contributed by atoms with Crippen molar-refractivity contribution in [2.45, 2.75) is 52.9 Å². The van der Waals surface area contributed by atoms with Gasteiger partial charge in [0.15, 0.2) is 0 Å². The van der Waals surface area contributed by atoms with E-state index in [1.807, 2.05) is 30.6 Å². The molecular formula is C16H28N2O2. The molecule has 2 saturated heterocycles. The van der Waals surface area contributed by atoms with Crippen molar-refractivity contribution >= 4 is 11.8 Å². The van der Waals surface area contributed by atoms with Crippen LogP contribution < -0.4 is 0 Å². The monoisotopic (exact) mass is 280 g/mol. The Balaban J connectivity index is 1.96. The Kier molecular flexibility index (Phi) is 4.71. The molecule has 1 atom stereocenters. The van der Waals surface area contributed by atoms with E-state index in [4.69, 9.17) is 0 Å². The Morgan fingerprint density at radius 3 is 2.10 bits per heavy atom. The zero-order chi connectivity index (χ0) is 14.8. The number of hydrogen-bond donors (Lipinski definition) is 0. The predicted molar refractivity (Wildman–Crippen MR) is 79.2 cm³/mol. The van der Waals surface area contributed by atoms with Crippen LogP contribution >= 0.6 is 0 Å². The molecular weight excluding hydrogens is 252 g/mol. The highest BCUT2D eigenvalue weighted by molar-refractivity contribution is 5.84. The van der Waals surface area contributed by atoms with Crippen LogP contribution in [0.2, 0.25) is 0 Å². The molecule has 2 heterocycles. The topological polar surface area (TPSA) is 40.6 Å². The van der Waals surface area contributed by atoms with Crippen molar-refractivity contribution in [2.24, 2.45) is 11.3 Å². The van der Waals surface area contributed by atoms with Crippen LogP contribution in [0.15, 0.2) is 0 Å². The van der Waals surface area contributed by atoms with Crippen molar-refractivity contribution in [3.63, 3.8) is 0 Å². The standard InChI is InChI=1S/C16H28N2O2/c1-16(2,3)15(20)18-11-7-8-13(12-18)14(19)17-9-5-4-6-10-17/h13H,4-12H2,1-3H3/t13-/m1/s1. The molecule has 2 aliphatic rings. The first-order chi connectivity index (χ1) is 9.39. The van der Waals surface area contributed by atoms with Crippen LogP contribution in [0.3, 0.4) is 0 Å². The van der Waals surface area contributed by atoms with Gasteiger partial charge in [0, 0.05) is 31.6 Å². The van der Waals surface area contributed by atoms with E-state index < -0.39 is 0 Å². The Bertz CT molecular complexity index is 367. The molecule has 0 aliphatic carbocycles. The van der Waals surface area contributed by atoms with Crippen LogP contribution in [0.4, 0.5) is 0 Å². The normalized spacial score (nSPS) is 24.6. The van der Waals surface area contributed by atoms with Gasteiger partial charge in [0.1, 0.15) is 0 Å². The van der Waals surface area contributed by atoms with Crippen LogP contribution in [0, 0.1) is 11.3 Å². The largest absolute Gasteiger partial charge is 0.342 e. The van der Waals surface area contributed by atoms with Gasteiger partial charge in [-0.05, 0) is 32.1 Å². The molecule has 20 heavy (non-hydrogen) atoms. The Labute approximate surface area is 122 Å². The lowest BCUT2D eigenvalue weighted by molar-refractivity contribution is -0.145. The van der Waals surface area contributed by atoms with Gasteiger partial charge in [0.05, 0.1) is 5.92 Å². The average molecular weight is 280 g/mol. The quantitative estimate of drug-likeness (QED) is 0.739. The molecule has 4 heteroatoms. The third kappa shape index (κ3) is 3.53. The van der Waals surface area contributed by atoms with E-state index in [0.29, 0.717) is 6.54 Å². The minimum atomic E-state index is -0.351. The fourth-order valence-corrected chi connectivity index (χ4v) is 3.21. The first kappa shape index (κ1) is 15.3. The molecule has 114 valence electrons. The zero-order valence-corrected chi connectivity index (χ0v) is 13.2. The minimum Gasteiger partial charge on any atom is -0.342 e. The molecule has 0 N–H and O–H groups in total. The Hall–Kier alpha value is -1.06. The molecule has 2 amide bonds. The molecule has 0 aromatic carbocycles. The second-order valence-electron chi connectivity index (χ2n) is 7.23. The molecule has 0 aromatic heterocycles. The SMILES string of the molecule is CC(C)(C)C(=O)N1CCC[C@@H](C(=O)N2CCCCC2)C1. The summed E-state index contributed by atoms with van der Waals surface area (Å²) in [6, 6.07) is 0. The Morgan fingerprint density at radius 1 is 0.900 bits per heavy atom. The maximum absolute atomic E-state index is 12.6. The highest BCUT2D eigenvalue weighted by Crippen LogP contribution is 2.25. The summed E-state index contributed by atoms with van der Waals surface area (Å²) in [7, 11) is 0. The molecule has 2 aliphatic heterocycles. The number of rotatable bonds is 1. The van der Waals surface area contributed by atoms with Crippen LogP contribution in [0.1, 0.15) is 52.9 Å². The minimum absolute atomic E-state index is 0.0214. The van der Waals surface area contributed by atoms with Crippen molar-refractivity contribution in [3.8, 4) is 0 Å². The predicted octanol–water partition coefficient (Wildman–Crippen LogP) is 2.28. The summed E-state index contributed by atoms with van der Waals surface area (Å²) in [5.74, 6) is 0.470. The molecule has 2 rings (SSSR count). The molecule has 0 radical (unpaired) electrons. The molecule has 0 saturated carbocycles. The average Bonchev–Trinajstić information content (AvgIpc) is 2.46. The van der Waals surface area contributed by atoms with Gasteiger partial charge in [0.25, 0.3) is 0 Å². The van der Waals surface area contributed by atoms with Crippen molar-refractivity contribution in [1.29, 1.82) is 0 Å². The molecule has 4 nitrogen and oxygen atoms in total. The van der Waals surface area contributed by atoms with Gasteiger partial charge in [-0.1, -0.05) is 20.8 Å². The lowest BCUT2D eigenvalue weighted by Gasteiger charge is -2.38. The highest BCUT2D eigenvalue weighted by atomic mass is 16.2. The van der Waals surface area contributed by atoms with E-state index in [0.717, 1.165) is 45.3 Å². The van der Waals surface area contributed by atoms with E-state index in [1.54, 1.807) is 0 Å². The summed E-state index contributed by atoms with van der Waals surface area (Å²) < 4.78 is 0. The fourth-order valence-electron chi connectivity index (χ4n) is 3.21. The van der Waals surface area contributed by atoms with E-state index in [2.05, 4.69) is 0 Å². The van der Waals surface area contributed by atoms with Gasteiger partial charge in [-0.2, -0.15) is 0 Å². The van der Waals surface area contributed by atoms with Crippen LogP contribution in [-0.4, -0.2) is 47.8 Å². The van der Waals surface area contributed by atoms with Crippen LogP contribution in [0.25, 0.3) is 0 Å². The summed E-state index contributed by atoms with van der Waals surface area (Å²) in [4.78, 5) is 28.8. The molecule has 2 fully saturated rings. The third-order valence-electron chi connectivity index (χ3n) is 4.37. The number of likely N-dealkylation sites (tertiary alicyclic amines) is 2. The number of piperidine rings is 2. The summed E-state index contributed by atoms with van der Waals surface area (Å²) >= 11 is 0. The second kappa shape index (κ2) is 6.15. The van der Waals surface area contributed by atoms with E-state index >= 15 is 0 Å². The highest BCUT2D eigenvalue weighted by Gasteiger charge is 2.35. The van der Waals surface area contributed by atoms with Gasteiger partial charge < -0.3 is 9.80 Å². The molecule has 0 bridgehead atoms. The first-order valence-corrected chi connectivity index (χ1v) is 7.98. The smallest absolute Gasteiger partial charge is 0.227 e. The lowest BCUT2D eigenvalue weighted by Crippen LogP contribution is -2.50. The summed E-state index contributed by atoms with van der Waals surface area (Å²) in [5, 5.41) is 0. The van der Waals surface area contributed by atoms with E-state index in [9.17, 15) is 9.59 Å². The van der Waals surface area contributed by atoms with Gasteiger partial charge in [-0.25, -0.2) is 0 Å². The number of carbonyl (C=O) groups excluding carboxylic acids is 2. The number of hydrogen-bond acceptors (Lipinski definition) is 2. The molecule has 0 spiro atoms. The Morgan fingerprint density at radius 2 is 1.50 bits per heavy atom. The zero-order valence-electron chi connectivity index (χ0n) is 13.2. The fraction of sp³-hybridized carbons (Fsp3) is 0.875. The third-order valence-corrected chi connectivity index (χ3v) is 4.37. The van der Waals surface area contributed by atoms with Gasteiger partial charge >= 0.3 is 0 Å². The lowest BCUT2D eigenvalue weighted by atomic mass is 9.90. The van der Waals surface area contributed by atoms with Crippen molar-refractivity contribution in [2.75, 3.05) is 26.2 Å². The maximum Gasteiger partial charge on any atom is 0.227 e. The van der Waals surface area contributed by atoms with Gasteiger partial charge in [0.2, 0.25) is 11.8 Å². The van der Waals surface area contributed by atoms with E-state index in [1.165, 1.54) is 6.42 Å². The maximum atomic E-state index is 12.6. The van der Waals surface area contributed by atoms with Crippen LogP contribution in [-0.2, 0) is 9.59 Å². The second-order valence-corrected chi connectivity index (χ2v) is 7.23. The summed E-state index contributed by atoms with van der Waals surface area (Å²) in [6.07, 6.45) is 5.38. The van der Waals surface area contributed by atoms with E-state index in [-0.39, 0.29) is 23.1 Å². The summed E-state index contributed by atoms with van der Waals surface area (Å²) in [5.41, 5.74) is -0.351. The molecule has 0 aromatic rings.